The summed E-state index contributed by atoms with van der Waals surface area (Å²) in [7, 11) is 0. The molecule has 1 heterocycles. The molecule has 7 N–H and O–H groups in total. The van der Waals surface area contributed by atoms with E-state index in [0.717, 1.165) is 0 Å². The molecule has 1 rings (SSSR count). The lowest BCUT2D eigenvalue weighted by molar-refractivity contribution is -0.270. The summed E-state index contributed by atoms with van der Waals surface area (Å²) in [5, 5.41) is 45.9. The lowest BCUT2D eigenvalue weighted by Gasteiger charge is -2.42. The quantitative estimate of drug-likeness (QED) is 0.137. The van der Waals surface area contributed by atoms with Crippen LogP contribution in [0.3, 0.4) is 0 Å². The maximum Gasteiger partial charge on any atom is 0.222 e. The Bertz CT molecular complexity index is 564. The van der Waals surface area contributed by atoms with Crippen LogP contribution in [0.25, 0.3) is 0 Å². The van der Waals surface area contributed by atoms with Gasteiger partial charge < -0.3 is 45.9 Å². The molecule has 0 aliphatic carbocycles. The predicted molar refractivity (Wildman–Crippen MR) is 108 cm³/mol. The molecule has 0 radical (unpaired) electrons. The highest BCUT2D eigenvalue weighted by Crippen LogP contribution is 2.22. The monoisotopic (exact) mass is 449 g/mol. The standard InChI is InChI=1S/C19H35N3O9/c1-12(25)22-16-18(29)17(28)13(11-24)31-19(16)30-10-3-2-5-14(26)20-7-4-8-21-15(27)6-9-23/h13,16-19,23-24,28-29H,2-11H2,1H3,(H,20,26)(H,21,27)(H,22,25). The molecule has 5 atom stereocenters. The Labute approximate surface area is 181 Å². The minimum Gasteiger partial charge on any atom is -0.396 e. The van der Waals surface area contributed by atoms with Crippen molar-refractivity contribution in [3.05, 3.63) is 0 Å². The Morgan fingerprint density at radius 3 is 2.16 bits per heavy atom. The first-order chi connectivity index (χ1) is 14.8. The summed E-state index contributed by atoms with van der Waals surface area (Å²) in [6.45, 7) is 1.57. The highest BCUT2D eigenvalue weighted by molar-refractivity contribution is 5.76. The molecule has 1 aliphatic heterocycles. The average Bonchev–Trinajstić information content (AvgIpc) is 2.72. The van der Waals surface area contributed by atoms with E-state index in [1.165, 1.54) is 6.92 Å². The molecular formula is C19H35N3O9. The van der Waals surface area contributed by atoms with E-state index in [2.05, 4.69) is 16.0 Å². The molecule has 1 aliphatic rings. The lowest BCUT2D eigenvalue weighted by Crippen LogP contribution is -2.64. The summed E-state index contributed by atoms with van der Waals surface area (Å²) < 4.78 is 11.0. The molecule has 1 saturated heterocycles. The zero-order valence-corrected chi connectivity index (χ0v) is 17.8. The largest absolute Gasteiger partial charge is 0.396 e. The van der Waals surface area contributed by atoms with E-state index in [1.807, 2.05) is 0 Å². The summed E-state index contributed by atoms with van der Waals surface area (Å²) in [5.41, 5.74) is 0. The first-order valence-corrected chi connectivity index (χ1v) is 10.5. The molecule has 0 spiro atoms. The average molecular weight is 450 g/mol. The molecule has 0 aromatic heterocycles. The Hall–Kier alpha value is -1.83. The van der Waals surface area contributed by atoms with Crippen LogP contribution in [0.4, 0.5) is 0 Å². The molecular weight excluding hydrogens is 414 g/mol. The van der Waals surface area contributed by atoms with Crippen molar-refractivity contribution in [1.29, 1.82) is 0 Å². The van der Waals surface area contributed by atoms with Crippen molar-refractivity contribution in [3.8, 4) is 0 Å². The van der Waals surface area contributed by atoms with Gasteiger partial charge in [-0.25, -0.2) is 0 Å². The first kappa shape index (κ1) is 27.2. The molecule has 0 bridgehead atoms. The number of carbonyl (C=O) groups is 3. The molecule has 3 amide bonds. The zero-order valence-electron chi connectivity index (χ0n) is 17.8. The molecule has 0 saturated carbocycles. The first-order valence-electron chi connectivity index (χ1n) is 10.5. The smallest absolute Gasteiger partial charge is 0.222 e. The topological polar surface area (TPSA) is 187 Å². The third-order valence-corrected chi connectivity index (χ3v) is 4.67. The number of nitrogens with one attached hydrogen (secondary N) is 3. The van der Waals surface area contributed by atoms with E-state index in [-0.39, 0.29) is 37.9 Å². The number of hydrogen-bond acceptors (Lipinski definition) is 9. The number of carbonyl (C=O) groups excluding carboxylic acids is 3. The Balaban J connectivity index is 2.24. The van der Waals surface area contributed by atoms with E-state index >= 15 is 0 Å². The van der Waals surface area contributed by atoms with E-state index in [0.29, 0.717) is 32.4 Å². The van der Waals surface area contributed by atoms with Gasteiger partial charge in [-0.1, -0.05) is 0 Å². The van der Waals surface area contributed by atoms with Gasteiger partial charge in [-0.3, -0.25) is 14.4 Å². The van der Waals surface area contributed by atoms with Crippen LogP contribution in [0.1, 0.15) is 39.0 Å². The molecule has 5 unspecified atom stereocenters. The Kier molecular flexibility index (Phi) is 13.2. The normalized spacial score (nSPS) is 25.6. The van der Waals surface area contributed by atoms with Crippen molar-refractivity contribution in [3.63, 3.8) is 0 Å². The molecule has 12 nitrogen and oxygen atoms in total. The van der Waals surface area contributed by atoms with Crippen molar-refractivity contribution in [2.24, 2.45) is 0 Å². The van der Waals surface area contributed by atoms with Crippen LogP contribution in [0, 0.1) is 0 Å². The van der Waals surface area contributed by atoms with Gasteiger partial charge in [-0.05, 0) is 19.3 Å². The molecule has 0 aromatic rings. The molecule has 1 fully saturated rings. The Morgan fingerprint density at radius 2 is 1.58 bits per heavy atom. The summed E-state index contributed by atoms with van der Waals surface area (Å²) >= 11 is 0. The third-order valence-electron chi connectivity index (χ3n) is 4.67. The van der Waals surface area contributed by atoms with Crippen molar-refractivity contribution in [2.45, 2.75) is 69.7 Å². The van der Waals surface area contributed by atoms with Crippen molar-refractivity contribution in [2.75, 3.05) is 32.9 Å². The van der Waals surface area contributed by atoms with Gasteiger partial charge in [-0.2, -0.15) is 0 Å². The van der Waals surface area contributed by atoms with E-state index in [4.69, 9.17) is 14.6 Å². The molecule has 31 heavy (non-hydrogen) atoms. The van der Waals surface area contributed by atoms with Crippen molar-refractivity contribution in [1.82, 2.24) is 16.0 Å². The van der Waals surface area contributed by atoms with Gasteiger partial charge in [-0.15, -0.1) is 0 Å². The van der Waals surface area contributed by atoms with Gasteiger partial charge in [0.15, 0.2) is 6.29 Å². The highest BCUT2D eigenvalue weighted by atomic mass is 16.7. The van der Waals surface area contributed by atoms with E-state index in [9.17, 15) is 29.7 Å². The number of amides is 3. The summed E-state index contributed by atoms with van der Waals surface area (Å²) in [6, 6.07) is -0.989. The van der Waals surface area contributed by atoms with E-state index < -0.39 is 43.2 Å². The van der Waals surface area contributed by atoms with Gasteiger partial charge >= 0.3 is 0 Å². The lowest BCUT2D eigenvalue weighted by atomic mass is 9.97. The number of ether oxygens (including phenoxy) is 2. The highest BCUT2D eigenvalue weighted by Gasteiger charge is 2.45. The number of hydrogen-bond donors (Lipinski definition) is 7. The van der Waals surface area contributed by atoms with E-state index in [1.54, 1.807) is 0 Å². The summed E-state index contributed by atoms with van der Waals surface area (Å²) in [6.07, 6.45) is -2.85. The second kappa shape index (κ2) is 15.1. The van der Waals surface area contributed by atoms with Crippen molar-refractivity contribution < 1.29 is 44.3 Å². The number of unbranched alkanes of at least 4 members (excludes halogenated alkanes) is 1. The van der Waals surface area contributed by atoms with Crippen molar-refractivity contribution >= 4 is 17.7 Å². The summed E-state index contributed by atoms with van der Waals surface area (Å²) in [5.74, 6) is -0.796. The van der Waals surface area contributed by atoms with Gasteiger partial charge in [0.2, 0.25) is 17.7 Å². The number of aliphatic hydroxyl groups excluding tert-OH is 4. The fourth-order valence-corrected chi connectivity index (χ4v) is 3.02. The molecule has 12 heteroatoms. The Morgan fingerprint density at radius 1 is 0.935 bits per heavy atom. The second-order valence-electron chi connectivity index (χ2n) is 7.29. The van der Waals surface area contributed by atoms with Gasteiger partial charge in [0.05, 0.1) is 13.2 Å². The number of aliphatic hydroxyl groups is 4. The molecule has 180 valence electrons. The third kappa shape index (κ3) is 10.4. The predicted octanol–water partition coefficient (Wildman–Crippen LogP) is -2.88. The van der Waals surface area contributed by atoms with Gasteiger partial charge in [0.1, 0.15) is 24.4 Å². The molecule has 0 aromatic carbocycles. The van der Waals surface area contributed by atoms with Gasteiger partial charge in [0.25, 0.3) is 0 Å². The summed E-state index contributed by atoms with van der Waals surface area (Å²) in [4.78, 5) is 34.3. The second-order valence-corrected chi connectivity index (χ2v) is 7.29. The van der Waals surface area contributed by atoms with Gasteiger partial charge in [0, 0.05) is 39.5 Å². The van der Waals surface area contributed by atoms with Crippen LogP contribution in [-0.2, 0) is 23.9 Å². The zero-order chi connectivity index (χ0) is 23.2. The maximum absolute atomic E-state index is 11.8. The van der Waals surface area contributed by atoms with Crippen LogP contribution in [0.5, 0.6) is 0 Å². The fourth-order valence-electron chi connectivity index (χ4n) is 3.02. The van der Waals surface area contributed by atoms with Crippen LogP contribution in [0.2, 0.25) is 0 Å². The minimum absolute atomic E-state index is 0.0616. The maximum atomic E-state index is 11.8. The number of rotatable bonds is 14. The minimum atomic E-state index is -1.37. The fraction of sp³-hybridized carbons (Fsp3) is 0.842. The van der Waals surface area contributed by atoms with Crippen LogP contribution in [-0.4, -0.2) is 102 Å². The van der Waals surface area contributed by atoms with Crippen LogP contribution >= 0.6 is 0 Å². The van der Waals surface area contributed by atoms with Crippen LogP contribution < -0.4 is 16.0 Å². The van der Waals surface area contributed by atoms with Crippen LogP contribution in [0.15, 0.2) is 0 Å². The SMILES string of the molecule is CC(=O)NC1C(OCCCCC(=O)NCCCNC(=O)CCO)OC(CO)C(O)C1O.